The first kappa shape index (κ1) is 16.5. The quantitative estimate of drug-likeness (QED) is 0.673. The zero-order valence-corrected chi connectivity index (χ0v) is 12.7. The normalized spacial score (nSPS) is 10.5. The summed E-state index contributed by atoms with van der Waals surface area (Å²) in [7, 11) is 0. The molecule has 2 aromatic rings. The Morgan fingerprint density at radius 2 is 2.09 bits per heavy atom. The van der Waals surface area contributed by atoms with Gasteiger partial charge < -0.3 is 20.3 Å². The lowest BCUT2D eigenvalue weighted by atomic mass is 10.1. The number of aromatic hydroxyl groups is 1. The van der Waals surface area contributed by atoms with Crippen LogP contribution in [-0.2, 0) is 4.79 Å². The van der Waals surface area contributed by atoms with Crippen LogP contribution < -0.4 is 10.1 Å². The van der Waals surface area contributed by atoms with Gasteiger partial charge in [-0.25, -0.2) is 4.98 Å². The molecule has 122 valence electrons. The summed E-state index contributed by atoms with van der Waals surface area (Å²) in [5.74, 6) is -1.57. The van der Waals surface area contributed by atoms with Crippen molar-refractivity contribution in [1.82, 2.24) is 10.3 Å². The summed E-state index contributed by atoms with van der Waals surface area (Å²) in [5.41, 5.74) is 0.296. The van der Waals surface area contributed by atoms with Crippen LogP contribution >= 0.6 is 0 Å². The van der Waals surface area contributed by atoms with Gasteiger partial charge in [-0.05, 0) is 30.7 Å². The summed E-state index contributed by atoms with van der Waals surface area (Å²) in [6, 6.07) is 6.56. The molecule has 1 aromatic heterocycles. The molecular weight excluding hydrogens is 300 g/mol. The van der Waals surface area contributed by atoms with Gasteiger partial charge in [0.2, 0.25) is 0 Å². The number of pyridine rings is 1. The third-order valence-corrected chi connectivity index (χ3v) is 3.15. The minimum Gasteiger partial charge on any atom is -0.505 e. The molecule has 0 saturated heterocycles. The average Bonchev–Trinajstić information content (AvgIpc) is 2.52. The standard InChI is InChI=1S/C16H18N2O5/c1-2-3-6-23-11-4-5-12-10(7-11)8-13(19)15(18-12)16(22)17-9-14(20)21/h4-5,7-8,19H,2-3,6,9H2,1H3,(H,17,22)(H,20,21). The lowest BCUT2D eigenvalue weighted by Crippen LogP contribution is -2.29. The Kier molecular flexibility index (Phi) is 5.35. The number of carbonyl (C=O) groups is 2. The molecule has 0 bridgehead atoms. The third kappa shape index (κ3) is 4.32. The van der Waals surface area contributed by atoms with Gasteiger partial charge in [-0.1, -0.05) is 13.3 Å². The van der Waals surface area contributed by atoms with Crippen LogP contribution in [0.5, 0.6) is 11.5 Å². The van der Waals surface area contributed by atoms with Gasteiger partial charge in [0, 0.05) is 5.39 Å². The molecule has 0 atom stereocenters. The highest BCUT2D eigenvalue weighted by molar-refractivity contribution is 5.99. The molecule has 3 N–H and O–H groups in total. The SMILES string of the molecule is CCCCOc1ccc2nc(C(=O)NCC(=O)O)c(O)cc2c1. The molecule has 0 saturated carbocycles. The Morgan fingerprint density at radius 1 is 1.30 bits per heavy atom. The molecular formula is C16H18N2O5. The van der Waals surface area contributed by atoms with Gasteiger partial charge in [0.05, 0.1) is 12.1 Å². The van der Waals surface area contributed by atoms with Crippen molar-refractivity contribution in [2.75, 3.05) is 13.2 Å². The summed E-state index contributed by atoms with van der Waals surface area (Å²) in [6.07, 6.45) is 1.98. The van der Waals surface area contributed by atoms with E-state index in [4.69, 9.17) is 9.84 Å². The summed E-state index contributed by atoms with van der Waals surface area (Å²) in [6.45, 7) is 2.14. The first-order valence-corrected chi connectivity index (χ1v) is 7.28. The van der Waals surface area contributed by atoms with Gasteiger partial charge in [0.1, 0.15) is 18.0 Å². The lowest BCUT2D eigenvalue weighted by Gasteiger charge is -2.09. The second-order valence-corrected chi connectivity index (χ2v) is 4.99. The minimum atomic E-state index is -1.17. The largest absolute Gasteiger partial charge is 0.505 e. The Morgan fingerprint density at radius 3 is 2.78 bits per heavy atom. The van der Waals surface area contributed by atoms with E-state index in [1.807, 2.05) is 0 Å². The summed E-state index contributed by atoms with van der Waals surface area (Å²) < 4.78 is 5.58. The van der Waals surface area contributed by atoms with Crippen molar-refractivity contribution >= 4 is 22.8 Å². The van der Waals surface area contributed by atoms with Crippen molar-refractivity contribution in [1.29, 1.82) is 0 Å². The molecule has 0 aliphatic rings. The first-order chi connectivity index (χ1) is 11.0. The number of carboxylic acids is 1. The van der Waals surface area contributed by atoms with Crippen molar-refractivity contribution in [2.45, 2.75) is 19.8 Å². The van der Waals surface area contributed by atoms with Gasteiger partial charge in [0.25, 0.3) is 5.91 Å². The summed E-state index contributed by atoms with van der Waals surface area (Å²) in [5, 5.41) is 21.3. The van der Waals surface area contributed by atoms with Crippen LogP contribution in [0.4, 0.5) is 0 Å². The number of hydrogen-bond donors (Lipinski definition) is 3. The number of carboxylic acid groups (broad SMARTS) is 1. The van der Waals surface area contributed by atoms with Gasteiger partial charge in [-0.15, -0.1) is 0 Å². The zero-order valence-electron chi connectivity index (χ0n) is 12.7. The topological polar surface area (TPSA) is 109 Å². The van der Waals surface area contributed by atoms with Crippen molar-refractivity contribution < 1.29 is 24.5 Å². The van der Waals surface area contributed by atoms with Gasteiger partial charge in [-0.3, -0.25) is 9.59 Å². The van der Waals surface area contributed by atoms with Crippen molar-refractivity contribution in [3.05, 3.63) is 30.0 Å². The number of aliphatic carboxylic acids is 1. The number of nitrogens with zero attached hydrogens (tertiary/aromatic N) is 1. The van der Waals surface area contributed by atoms with Crippen LogP contribution in [0.15, 0.2) is 24.3 Å². The van der Waals surface area contributed by atoms with Crippen molar-refractivity contribution in [2.24, 2.45) is 0 Å². The Labute approximate surface area is 132 Å². The van der Waals surface area contributed by atoms with Crippen LogP contribution in [0.1, 0.15) is 30.3 Å². The number of hydrogen-bond acceptors (Lipinski definition) is 5. The average molecular weight is 318 g/mol. The summed E-state index contributed by atoms with van der Waals surface area (Å²) >= 11 is 0. The Hall–Kier alpha value is -2.83. The van der Waals surface area contributed by atoms with Crippen LogP contribution in [0.2, 0.25) is 0 Å². The Balaban J connectivity index is 2.22. The number of aromatic nitrogens is 1. The molecule has 0 radical (unpaired) electrons. The number of ether oxygens (including phenoxy) is 1. The van der Waals surface area contributed by atoms with E-state index in [2.05, 4.69) is 17.2 Å². The predicted molar refractivity (Wildman–Crippen MR) is 83.8 cm³/mol. The van der Waals surface area contributed by atoms with Crippen LogP contribution in [0.25, 0.3) is 10.9 Å². The smallest absolute Gasteiger partial charge is 0.322 e. The number of unbranched alkanes of at least 4 members (excludes halogenated alkanes) is 1. The van der Waals surface area contributed by atoms with E-state index in [0.717, 1.165) is 12.8 Å². The number of carbonyl (C=O) groups excluding carboxylic acids is 1. The fourth-order valence-corrected chi connectivity index (χ4v) is 1.97. The highest BCUT2D eigenvalue weighted by atomic mass is 16.5. The van der Waals surface area contributed by atoms with E-state index in [0.29, 0.717) is 23.3 Å². The molecule has 7 nitrogen and oxygen atoms in total. The van der Waals surface area contributed by atoms with Crippen LogP contribution in [0.3, 0.4) is 0 Å². The van der Waals surface area contributed by atoms with E-state index < -0.39 is 18.4 Å². The van der Waals surface area contributed by atoms with Crippen LogP contribution in [0, 0.1) is 0 Å². The molecule has 23 heavy (non-hydrogen) atoms. The molecule has 0 fully saturated rings. The van der Waals surface area contributed by atoms with Crippen molar-refractivity contribution in [3.8, 4) is 11.5 Å². The molecule has 0 aliphatic heterocycles. The number of fused-ring (bicyclic) bond motifs is 1. The third-order valence-electron chi connectivity index (χ3n) is 3.15. The molecule has 1 aromatic carbocycles. The maximum Gasteiger partial charge on any atom is 0.322 e. The maximum atomic E-state index is 11.8. The summed E-state index contributed by atoms with van der Waals surface area (Å²) in [4.78, 5) is 26.4. The second-order valence-electron chi connectivity index (χ2n) is 4.99. The minimum absolute atomic E-state index is 0.210. The van der Waals surface area contributed by atoms with E-state index in [1.54, 1.807) is 18.2 Å². The fourth-order valence-electron chi connectivity index (χ4n) is 1.97. The molecule has 2 rings (SSSR count). The number of nitrogens with one attached hydrogen (secondary N) is 1. The zero-order chi connectivity index (χ0) is 16.8. The molecule has 1 heterocycles. The second kappa shape index (κ2) is 7.44. The van der Waals surface area contributed by atoms with Gasteiger partial charge >= 0.3 is 5.97 Å². The number of amides is 1. The molecule has 0 aliphatic carbocycles. The molecule has 0 unspecified atom stereocenters. The van der Waals surface area contributed by atoms with Crippen LogP contribution in [-0.4, -0.2) is 40.2 Å². The fraction of sp³-hybridized carbons (Fsp3) is 0.312. The van der Waals surface area contributed by atoms with Crippen molar-refractivity contribution in [3.63, 3.8) is 0 Å². The highest BCUT2D eigenvalue weighted by Crippen LogP contribution is 2.25. The van der Waals surface area contributed by atoms with Gasteiger partial charge in [-0.2, -0.15) is 0 Å². The van der Waals surface area contributed by atoms with E-state index in [9.17, 15) is 14.7 Å². The maximum absolute atomic E-state index is 11.8. The highest BCUT2D eigenvalue weighted by Gasteiger charge is 2.15. The van der Waals surface area contributed by atoms with E-state index in [1.165, 1.54) is 6.07 Å². The van der Waals surface area contributed by atoms with E-state index >= 15 is 0 Å². The first-order valence-electron chi connectivity index (χ1n) is 7.28. The molecule has 0 spiro atoms. The van der Waals surface area contributed by atoms with E-state index in [-0.39, 0.29) is 11.4 Å². The monoisotopic (exact) mass is 318 g/mol. The number of rotatable bonds is 7. The van der Waals surface area contributed by atoms with Gasteiger partial charge in [0.15, 0.2) is 5.69 Å². The Bertz CT molecular complexity index is 730. The molecule has 7 heteroatoms. The number of benzene rings is 1. The lowest BCUT2D eigenvalue weighted by molar-refractivity contribution is -0.135. The molecule has 1 amide bonds. The predicted octanol–water partition coefficient (Wildman–Crippen LogP) is 1.93.